The lowest BCUT2D eigenvalue weighted by Crippen LogP contribution is -2.40. The molecular weight excluding hydrogens is 320 g/mol. The molecule has 0 aromatic carbocycles. The molecule has 7 nitrogen and oxygen atoms in total. The van der Waals surface area contributed by atoms with Crippen LogP contribution >= 0.6 is 0 Å². The molecule has 0 spiro atoms. The molecule has 0 aliphatic rings. The van der Waals surface area contributed by atoms with Gasteiger partial charge in [-0.1, -0.05) is 20.3 Å². The molecular formula is C18H28N4O3. The van der Waals surface area contributed by atoms with Gasteiger partial charge in [0.1, 0.15) is 5.78 Å². The van der Waals surface area contributed by atoms with Crippen LogP contribution in [0.5, 0.6) is 0 Å². The minimum absolute atomic E-state index is 0.129. The summed E-state index contributed by atoms with van der Waals surface area (Å²) in [7, 11) is 0. The summed E-state index contributed by atoms with van der Waals surface area (Å²) in [5, 5.41) is 0. The summed E-state index contributed by atoms with van der Waals surface area (Å²) < 4.78 is 4.77. The molecule has 0 bridgehead atoms. The molecule has 2 aromatic heterocycles. The lowest BCUT2D eigenvalue weighted by Gasteiger charge is -2.12. The van der Waals surface area contributed by atoms with Crippen LogP contribution < -0.4 is 11.2 Å². The van der Waals surface area contributed by atoms with Crippen molar-refractivity contribution in [2.45, 2.75) is 78.9 Å². The van der Waals surface area contributed by atoms with E-state index in [1.165, 1.54) is 4.57 Å². The standard InChI is InChI=1S/C18H28N4O3/c1-4-6-11-20-13-19-16-15(20)17(24)22(12-8-7-9-14(3)23)18(25)21(16)10-5-2/h13H,4-12H2,1-3H3. The van der Waals surface area contributed by atoms with Crippen molar-refractivity contribution in [3.05, 3.63) is 27.2 Å². The Morgan fingerprint density at radius 3 is 2.40 bits per heavy atom. The molecule has 0 aliphatic carbocycles. The predicted octanol–water partition coefficient (Wildman–Crippen LogP) is 2.33. The van der Waals surface area contributed by atoms with Gasteiger partial charge in [-0.2, -0.15) is 0 Å². The average Bonchev–Trinajstić information content (AvgIpc) is 2.99. The molecule has 0 radical (unpaired) electrons. The van der Waals surface area contributed by atoms with Crippen molar-refractivity contribution in [3.63, 3.8) is 0 Å². The van der Waals surface area contributed by atoms with Crippen molar-refractivity contribution >= 4 is 16.9 Å². The van der Waals surface area contributed by atoms with E-state index in [9.17, 15) is 14.4 Å². The molecule has 2 aromatic rings. The first kappa shape index (κ1) is 19.1. The van der Waals surface area contributed by atoms with Crippen LogP contribution in [-0.4, -0.2) is 24.5 Å². The van der Waals surface area contributed by atoms with Gasteiger partial charge >= 0.3 is 5.69 Å². The van der Waals surface area contributed by atoms with Crippen LogP contribution in [0.4, 0.5) is 0 Å². The molecule has 0 saturated heterocycles. The van der Waals surface area contributed by atoms with Crippen LogP contribution in [0.15, 0.2) is 15.9 Å². The number of hydrogen-bond donors (Lipinski definition) is 0. The van der Waals surface area contributed by atoms with Gasteiger partial charge in [-0.3, -0.25) is 13.9 Å². The van der Waals surface area contributed by atoms with Gasteiger partial charge in [-0.05, 0) is 32.6 Å². The van der Waals surface area contributed by atoms with Gasteiger partial charge in [-0.25, -0.2) is 9.78 Å². The highest BCUT2D eigenvalue weighted by molar-refractivity contribution is 5.75. The van der Waals surface area contributed by atoms with Crippen LogP contribution in [-0.2, 0) is 24.4 Å². The van der Waals surface area contributed by atoms with E-state index in [2.05, 4.69) is 11.9 Å². The van der Waals surface area contributed by atoms with E-state index in [0.717, 1.165) is 25.8 Å². The van der Waals surface area contributed by atoms with Crippen LogP contribution in [0.25, 0.3) is 11.2 Å². The van der Waals surface area contributed by atoms with Crippen LogP contribution in [0, 0.1) is 0 Å². The molecule has 0 unspecified atom stereocenters. The molecule has 0 saturated carbocycles. The monoisotopic (exact) mass is 348 g/mol. The number of Topliss-reactive ketones (excluding diaryl/α,β-unsaturated/α-hetero) is 1. The second-order valence-electron chi connectivity index (χ2n) is 6.51. The Morgan fingerprint density at radius 2 is 1.76 bits per heavy atom. The highest BCUT2D eigenvalue weighted by atomic mass is 16.2. The van der Waals surface area contributed by atoms with Gasteiger partial charge in [0.2, 0.25) is 0 Å². The Kier molecular flexibility index (Phi) is 6.73. The third-order valence-corrected chi connectivity index (χ3v) is 4.34. The number of nitrogens with zero attached hydrogens (tertiary/aromatic N) is 4. The van der Waals surface area contributed by atoms with Crippen molar-refractivity contribution in [1.29, 1.82) is 0 Å². The molecule has 25 heavy (non-hydrogen) atoms. The summed E-state index contributed by atoms with van der Waals surface area (Å²) >= 11 is 0. The maximum absolute atomic E-state index is 12.9. The molecule has 138 valence electrons. The van der Waals surface area contributed by atoms with E-state index in [4.69, 9.17) is 0 Å². The third-order valence-electron chi connectivity index (χ3n) is 4.34. The molecule has 2 heterocycles. The van der Waals surface area contributed by atoms with Gasteiger partial charge in [-0.15, -0.1) is 0 Å². The summed E-state index contributed by atoms with van der Waals surface area (Å²) in [6.07, 6.45) is 6.23. The molecule has 0 N–H and O–H groups in total. The molecule has 0 atom stereocenters. The van der Waals surface area contributed by atoms with Gasteiger partial charge < -0.3 is 9.36 Å². The maximum atomic E-state index is 12.9. The van der Waals surface area contributed by atoms with E-state index in [1.54, 1.807) is 17.8 Å². The van der Waals surface area contributed by atoms with Crippen molar-refractivity contribution in [1.82, 2.24) is 18.7 Å². The zero-order valence-electron chi connectivity index (χ0n) is 15.5. The average molecular weight is 348 g/mol. The number of carbonyl (C=O) groups is 1. The van der Waals surface area contributed by atoms with E-state index < -0.39 is 0 Å². The minimum atomic E-state index is -0.303. The fourth-order valence-corrected chi connectivity index (χ4v) is 3.00. The summed E-state index contributed by atoms with van der Waals surface area (Å²) in [6, 6.07) is 0. The molecule has 7 heteroatoms. The van der Waals surface area contributed by atoms with Crippen LogP contribution in [0.3, 0.4) is 0 Å². The number of hydrogen-bond acceptors (Lipinski definition) is 4. The summed E-state index contributed by atoms with van der Waals surface area (Å²) in [4.78, 5) is 41.1. The number of unbranched alkanes of at least 4 members (excludes halogenated alkanes) is 2. The Balaban J connectivity index is 2.46. The van der Waals surface area contributed by atoms with Crippen LogP contribution in [0.2, 0.25) is 0 Å². The largest absolute Gasteiger partial charge is 0.332 e. The van der Waals surface area contributed by atoms with Crippen LogP contribution in [0.1, 0.15) is 59.3 Å². The Labute approximate surface area is 147 Å². The number of carbonyl (C=O) groups excluding carboxylic acids is 1. The highest BCUT2D eigenvalue weighted by Crippen LogP contribution is 2.09. The fourth-order valence-electron chi connectivity index (χ4n) is 3.00. The second-order valence-corrected chi connectivity index (χ2v) is 6.51. The molecule has 2 rings (SSSR count). The fraction of sp³-hybridized carbons (Fsp3) is 0.667. The van der Waals surface area contributed by atoms with Crippen molar-refractivity contribution in [3.8, 4) is 0 Å². The number of rotatable bonds is 10. The zero-order chi connectivity index (χ0) is 18.4. The van der Waals surface area contributed by atoms with Crippen molar-refractivity contribution in [2.75, 3.05) is 0 Å². The van der Waals surface area contributed by atoms with Crippen molar-refractivity contribution in [2.24, 2.45) is 0 Å². The molecule has 0 amide bonds. The number of aromatic nitrogens is 4. The summed E-state index contributed by atoms with van der Waals surface area (Å²) in [6.45, 7) is 7.24. The first-order valence-electron chi connectivity index (χ1n) is 9.19. The zero-order valence-corrected chi connectivity index (χ0v) is 15.5. The Morgan fingerprint density at radius 1 is 1.00 bits per heavy atom. The summed E-state index contributed by atoms with van der Waals surface area (Å²) in [5.74, 6) is 0.129. The minimum Gasteiger partial charge on any atom is -0.325 e. The smallest absolute Gasteiger partial charge is 0.325 e. The SMILES string of the molecule is CCCCn1cnc2c1c(=O)n(CCCCC(C)=O)c(=O)n2CCC. The van der Waals surface area contributed by atoms with Crippen molar-refractivity contribution < 1.29 is 4.79 Å². The normalized spacial score (nSPS) is 11.3. The van der Waals surface area contributed by atoms with E-state index in [1.807, 2.05) is 11.5 Å². The maximum Gasteiger partial charge on any atom is 0.332 e. The second kappa shape index (κ2) is 8.78. The number of imidazole rings is 1. The molecule has 0 fully saturated rings. The lowest BCUT2D eigenvalue weighted by molar-refractivity contribution is -0.117. The third kappa shape index (κ3) is 4.27. The number of ketones is 1. The van der Waals surface area contributed by atoms with Gasteiger partial charge in [0.15, 0.2) is 11.2 Å². The van der Waals surface area contributed by atoms with E-state index in [-0.39, 0.29) is 17.0 Å². The topological polar surface area (TPSA) is 78.9 Å². The first-order valence-corrected chi connectivity index (χ1v) is 9.19. The first-order chi connectivity index (χ1) is 12.0. The van der Waals surface area contributed by atoms with Gasteiger partial charge in [0.25, 0.3) is 5.56 Å². The van der Waals surface area contributed by atoms with E-state index >= 15 is 0 Å². The highest BCUT2D eigenvalue weighted by Gasteiger charge is 2.17. The quantitative estimate of drug-likeness (QED) is 0.617. The molecule has 0 aliphatic heterocycles. The lowest BCUT2D eigenvalue weighted by atomic mass is 10.2. The number of fused-ring (bicyclic) bond motifs is 1. The van der Waals surface area contributed by atoms with Gasteiger partial charge in [0.05, 0.1) is 6.33 Å². The Hall–Kier alpha value is -2.18. The Bertz CT molecular complexity index is 844. The van der Waals surface area contributed by atoms with Gasteiger partial charge in [0, 0.05) is 26.1 Å². The predicted molar refractivity (Wildman–Crippen MR) is 98.0 cm³/mol. The summed E-state index contributed by atoms with van der Waals surface area (Å²) in [5.41, 5.74) is 0.410. The number of aryl methyl sites for hydroxylation is 2. The van der Waals surface area contributed by atoms with E-state index in [0.29, 0.717) is 43.5 Å².